The number of carbonyl (C=O) groups is 2. The van der Waals surface area contributed by atoms with Gasteiger partial charge in [-0.2, -0.15) is 0 Å². The SMILES string of the molecule is CN1CCCC(C(=O)N2CCc3c(cn(Cc4ccccc4)c(=O)c3C(N)=O)C2)C1. The third kappa shape index (κ3) is 4.03. The maximum Gasteiger partial charge on any atom is 0.264 e. The topological polar surface area (TPSA) is 88.6 Å². The first-order valence-electron chi connectivity index (χ1n) is 10.5. The number of hydrogen-bond donors (Lipinski definition) is 1. The summed E-state index contributed by atoms with van der Waals surface area (Å²) in [5.74, 6) is -0.530. The summed E-state index contributed by atoms with van der Waals surface area (Å²) in [6, 6.07) is 9.61. The highest BCUT2D eigenvalue weighted by molar-refractivity contribution is 5.94. The van der Waals surface area contributed by atoms with Crippen molar-refractivity contribution in [2.75, 3.05) is 26.7 Å². The number of nitrogens with zero attached hydrogens (tertiary/aromatic N) is 3. The van der Waals surface area contributed by atoms with E-state index in [0.717, 1.165) is 37.1 Å². The average Bonchev–Trinajstić information content (AvgIpc) is 2.74. The number of aromatic nitrogens is 1. The number of benzene rings is 1. The van der Waals surface area contributed by atoms with Crippen LogP contribution in [0, 0.1) is 5.92 Å². The van der Waals surface area contributed by atoms with Gasteiger partial charge < -0.3 is 20.1 Å². The lowest BCUT2D eigenvalue weighted by Gasteiger charge is -2.36. The third-order valence-electron chi connectivity index (χ3n) is 6.20. The van der Waals surface area contributed by atoms with Gasteiger partial charge in [-0.05, 0) is 49.5 Å². The second kappa shape index (κ2) is 8.44. The number of piperidine rings is 1. The summed E-state index contributed by atoms with van der Waals surface area (Å²) in [7, 11) is 2.05. The van der Waals surface area contributed by atoms with E-state index in [9.17, 15) is 14.4 Å². The van der Waals surface area contributed by atoms with Gasteiger partial charge in [-0.25, -0.2) is 0 Å². The molecular weight excluding hydrogens is 380 g/mol. The number of rotatable bonds is 4. The molecule has 0 aliphatic carbocycles. The van der Waals surface area contributed by atoms with Crippen LogP contribution in [-0.4, -0.2) is 52.9 Å². The van der Waals surface area contributed by atoms with Crippen LogP contribution in [0.5, 0.6) is 0 Å². The fourth-order valence-corrected chi connectivity index (χ4v) is 4.68. The van der Waals surface area contributed by atoms with E-state index < -0.39 is 5.91 Å². The number of amides is 2. The van der Waals surface area contributed by atoms with Gasteiger partial charge >= 0.3 is 0 Å². The summed E-state index contributed by atoms with van der Waals surface area (Å²) in [4.78, 5) is 42.3. The van der Waals surface area contributed by atoms with Crippen LogP contribution < -0.4 is 11.3 Å². The lowest BCUT2D eigenvalue weighted by Crippen LogP contribution is -2.46. The Morgan fingerprint density at radius 3 is 2.63 bits per heavy atom. The molecule has 0 radical (unpaired) electrons. The molecule has 30 heavy (non-hydrogen) atoms. The molecular formula is C23H28N4O3. The number of hydrogen-bond acceptors (Lipinski definition) is 4. The summed E-state index contributed by atoms with van der Waals surface area (Å²) in [6.45, 7) is 3.08. The standard InChI is InChI=1S/C23H28N4O3/c1-25-10-5-8-17(13-25)22(29)26-11-9-19-18(14-26)15-27(23(30)20(19)21(24)28)12-16-6-3-2-4-7-16/h2-4,6-7,15,17H,5,8-14H2,1H3,(H2,24,28). The van der Waals surface area contributed by atoms with E-state index >= 15 is 0 Å². The minimum Gasteiger partial charge on any atom is -0.365 e. The van der Waals surface area contributed by atoms with Crippen molar-refractivity contribution in [3.63, 3.8) is 0 Å². The van der Waals surface area contributed by atoms with Gasteiger partial charge in [-0.1, -0.05) is 30.3 Å². The monoisotopic (exact) mass is 408 g/mol. The fourth-order valence-electron chi connectivity index (χ4n) is 4.68. The van der Waals surface area contributed by atoms with E-state index in [1.54, 1.807) is 6.20 Å². The molecule has 4 rings (SSSR count). The molecule has 1 atom stereocenters. The number of primary amides is 1. The lowest BCUT2D eigenvalue weighted by molar-refractivity contribution is -0.138. The van der Waals surface area contributed by atoms with Crippen LogP contribution in [-0.2, 0) is 24.3 Å². The van der Waals surface area contributed by atoms with Crippen LogP contribution in [0.2, 0.25) is 0 Å². The minimum atomic E-state index is -0.702. The van der Waals surface area contributed by atoms with Crippen molar-refractivity contribution >= 4 is 11.8 Å². The quantitative estimate of drug-likeness (QED) is 0.824. The van der Waals surface area contributed by atoms with Gasteiger partial charge in [0.05, 0.1) is 12.5 Å². The summed E-state index contributed by atoms with van der Waals surface area (Å²) in [6.07, 6.45) is 4.21. The fraction of sp³-hybridized carbons (Fsp3) is 0.435. The van der Waals surface area contributed by atoms with Gasteiger partial charge in [0, 0.05) is 25.8 Å². The first kappa shape index (κ1) is 20.3. The highest BCUT2D eigenvalue weighted by atomic mass is 16.2. The Hall–Kier alpha value is -2.93. The molecule has 1 fully saturated rings. The molecule has 1 saturated heterocycles. The highest BCUT2D eigenvalue weighted by Crippen LogP contribution is 2.25. The highest BCUT2D eigenvalue weighted by Gasteiger charge is 2.32. The van der Waals surface area contributed by atoms with Crippen LogP contribution in [0.4, 0.5) is 0 Å². The molecule has 1 unspecified atom stereocenters. The van der Waals surface area contributed by atoms with Crippen LogP contribution in [0.3, 0.4) is 0 Å². The van der Waals surface area contributed by atoms with E-state index in [2.05, 4.69) is 4.90 Å². The molecule has 0 spiro atoms. The van der Waals surface area contributed by atoms with Crippen molar-refractivity contribution < 1.29 is 9.59 Å². The molecule has 1 aromatic heterocycles. The molecule has 2 aromatic rings. The Morgan fingerprint density at radius 2 is 1.93 bits per heavy atom. The zero-order valence-electron chi connectivity index (χ0n) is 17.3. The second-order valence-corrected chi connectivity index (χ2v) is 8.40. The van der Waals surface area contributed by atoms with Crippen LogP contribution >= 0.6 is 0 Å². The molecule has 7 nitrogen and oxygen atoms in total. The molecule has 158 valence electrons. The number of carbonyl (C=O) groups excluding carboxylic acids is 2. The lowest BCUT2D eigenvalue weighted by atomic mass is 9.93. The minimum absolute atomic E-state index is 0.0103. The predicted molar refractivity (Wildman–Crippen MR) is 114 cm³/mol. The Morgan fingerprint density at radius 1 is 1.17 bits per heavy atom. The first-order valence-corrected chi connectivity index (χ1v) is 10.5. The zero-order chi connectivity index (χ0) is 21.3. The molecule has 2 amide bonds. The first-order chi connectivity index (χ1) is 14.4. The number of pyridine rings is 1. The van der Waals surface area contributed by atoms with Gasteiger partial charge in [0.25, 0.3) is 11.5 Å². The smallest absolute Gasteiger partial charge is 0.264 e. The molecule has 2 N–H and O–H groups in total. The van der Waals surface area contributed by atoms with Crippen molar-refractivity contribution in [2.45, 2.75) is 32.4 Å². The van der Waals surface area contributed by atoms with E-state index in [0.29, 0.717) is 31.6 Å². The number of nitrogens with two attached hydrogens (primary N) is 1. The van der Waals surface area contributed by atoms with E-state index in [4.69, 9.17) is 5.73 Å². The number of fused-ring (bicyclic) bond motifs is 1. The van der Waals surface area contributed by atoms with Crippen LogP contribution in [0.1, 0.15) is 39.9 Å². The molecule has 3 heterocycles. The second-order valence-electron chi connectivity index (χ2n) is 8.40. The van der Waals surface area contributed by atoms with E-state index in [1.807, 2.05) is 42.3 Å². The summed E-state index contributed by atoms with van der Waals surface area (Å²) in [5.41, 5.74) is 7.78. The van der Waals surface area contributed by atoms with Crippen molar-refractivity contribution in [2.24, 2.45) is 11.7 Å². The molecule has 0 saturated carbocycles. The van der Waals surface area contributed by atoms with Gasteiger partial charge in [0.2, 0.25) is 5.91 Å². The van der Waals surface area contributed by atoms with Gasteiger partial charge in [-0.15, -0.1) is 0 Å². The van der Waals surface area contributed by atoms with Crippen molar-refractivity contribution in [1.82, 2.24) is 14.4 Å². The predicted octanol–water partition coefficient (Wildman–Crippen LogP) is 1.22. The average molecular weight is 409 g/mol. The van der Waals surface area contributed by atoms with Gasteiger partial charge in [0.1, 0.15) is 5.56 Å². The van der Waals surface area contributed by atoms with Crippen molar-refractivity contribution in [1.29, 1.82) is 0 Å². The van der Waals surface area contributed by atoms with Crippen LogP contribution in [0.25, 0.3) is 0 Å². The van der Waals surface area contributed by atoms with E-state index in [1.165, 1.54) is 4.57 Å². The maximum atomic E-state index is 13.1. The van der Waals surface area contributed by atoms with Crippen LogP contribution in [0.15, 0.2) is 41.3 Å². The Bertz CT molecular complexity index is 1020. The van der Waals surface area contributed by atoms with Gasteiger partial charge in [-0.3, -0.25) is 14.4 Å². The summed E-state index contributed by atoms with van der Waals surface area (Å²) < 4.78 is 1.54. The third-order valence-corrected chi connectivity index (χ3v) is 6.20. The van der Waals surface area contributed by atoms with Crippen molar-refractivity contribution in [3.05, 3.63) is 69.1 Å². The molecule has 7 heteroatoms. The normalized spacial score (nSPS) is 19.4. The van der Waals surface area contributed by atoms with Gasteiger partial charge in [0.15, 0.2) is 0 Å². The van der Waals surface area contributed by atoms with E-state index in [-0.39, 0.29) is 22.9 Å². The Kier molecular flexibility index (Phi) is 5.72. The molecule has 2 aliphatic heterocycles. The molecule has 2 aliphatic rings. The number of likely N-dealkylation sites (tertiary alicyclic amines) is 1. The molecule has 1 aromatic carbocycles. The maximum absolute atomic E-state index is 13.1. The molecule has 0 bridgehead atoms. The largest absolute Gasteiger partial charge is 0.365 e. The summed E-state index contributed by atoms with van der Waals surface area (Å²) in [5, 5.41) is 0. The summed E-state index contributed by atoms with van der Waals surface area (Å²) >= 11 is 0. The zero-order valence-corrected chi connectivity index (χ0v) is 17.3. The Labute approximate surface area is 176 Å². The Balaban J connectivity index is 1.64. The van der Waals surface area contributed by atoms with Crippen molar-refractivity contribution in [3.8, 4) is 0 Å².